The highest BCUT2D eigenvalue weighted by Crippen LogP contribution is 2.39. The Bertz CT molecular complexity index is 1350. The third-order valence-corrected chi connectivity index (χ3v) is 6.04. The minimum absolute atomic E-state index is 0.173. The van der Waals surface area contributed by atoms with Gasteiger partial charge in [-0.1, -0.05) is 66.7 Å². The summed E-state index contributed by atoms with van der Waals surface area (Å²) in [5.74, 6) is -0.250. The van der Waals surface area contributed by atoms with E-state index in [0.717, 1.165) is 29.8 Å². The third kappa shape index (κ3) is 5.82. The minimum Gasteiger partial charge on any atom is -0.464 e. The van der Waals surface area contributed by atoms with E-state index in [-0.39, 0.29) is 12.5 Å². The van der Waals surface area contributed by atoms with Crippen molar-refractivity contribution in [3.63, 3.8) is 0 Å². The van der Waals surface area contributed by atoms with Crippen molar-refractivity contribution in [3.8, 4) is 33.6 Å². The van der Waals surface area contributed by atoms with E-state index in [1.54, 1.807) is 0 Å². The molecule has 0 spiro atoms. The van der Waals surface area contributed by atoms with Crippen molar-refractivity contribution in [2.24, 2.45) is 0 Å². The van der Waals surface area contributed by atoms with Crippen molar-refractivity contribution in [1.82, 2.24) is 0 Å². The molecule has 0 saturated carbocycles. The number of carbonyl (C=O) groups is 1. The van der Waals surface area contributed by atoms with Gasteiger partial charge in [-0.3, -0.25) is 0 Å². The second-order valence-electron chi connectivity index (χ2n) is 8.32. The van der Waals surface area contributed by atoms with Crippen molar-refractivity contribution in [2.75, 3.05) is 7.11 Å². The Morgan fingerprint density at radius 1 is 0.806 bits per heavy atom. The maximum atomic E-state index is 12.5. The van der Waals surface area contributed by atoms with Gasteiger partial charge in [0.25, 0.3) is 0 Å². The summed E-state index contributed by atoms with van der Waals surface area (Å²) < 4.78 is 46.2. The zero-order chi connectivity index (χ0) is 25.7. The number of hydrogen-bond acceptors (Lipinski definition) is 2. The summed E-state index contributed by atoms with van der Waals surface area (Å²) >= 11 is 0. The zero-order valence-corrected chi connectivity index (χ0v) is 19.6. The summed E-state index contributed by atoms with van der Waals surface area (Å²) in [6.45, 7) is 0.173. The number of pyridine rings is 1. The first-order valence-corrected chi connectivity index (χ1v) is 11.5. The molecule has 184 valence electrons. The highest BCUT2D eigenvalue weighted by Gasteiger charge is 2.33. The normalized spacial score (nSPS) is 12.0. The summed E-state index contributed by atoms with van der Waals surface area (Å²) in [6.07, 6.45) is 1.93. The summed E-state index contributed by atoms with van der Waals surface area (Å²) in [4.78, 5) is 12.5. The van der Waals surface area contributed by atoms with Crippen LogP contribution >= 0.6 is 0 Å². The number of aromatic nitrogens is 1. The number of benzene rings is 3. The number of hydrogen-bond donors (Lipinski definition) is 0. The van der Waals surface area contributed by atoms with Gasteiger partial charge in [0.05, 0.1) is 7.11 Å². The third-order valence-electron chi connectivity index (χ3n) is 6.04. The first kappa shape index (κ1) is 25.2. The number of aryl methyl sites for hydroxylation is 1. The molecule has 0 unspecified atom stereocenters. The first-order chi connectivity index (χ1) is 17.3. The van der Waals surface area contributed by atoms with Crippen molar-refractivity contribution in [2.45, 2.75) is 19.4 Å². The molecule has 3 nitrogen and oxygen atoms in total. The van der Waals surface area contributed by atoms with Crippen LogP contribution in [0.25, 0.3) is 33.6 Å². The molecule has 0 bridgehead atoms. The molecule has 1 aliphatic rings. The van der Waals surface area contributed by atoms with Crippen LogP contribution in [0.4, 0.5) is 17.3 Å². The van der Waals surface area contributed by atoms with Crippen molar-refractivity contribution in [3.05, 3.63) is 102 Å². The van der Waals surface area contributed by atoms with Gasteiger partial charge in [0.15, 0.2) is 0 Å². The molecule has 0 radical (unpaired) electrons. The van der Waals surface area contributed by atoms with Crippen LogP contribution in [0.15, 0.2) is 91.0 Å². The average Bonchev–Trinajstić information content (AvgIpc) is 2.88. The molecule has 3 aromatic carbocycles. The van der Waals surface area contributed by atoms with Gasteiger partial charge < -0.3 is 22.0 Å². The van der Waals surface area contributed by atoms with Gasteiger partial charge in [0, 0.05) is 22.8 Å². The Kier molecular flexibility index (Phi) is 7.53. The molecule has 1 heterocycles. The van der Waals surface area contributed by atoms with E-state index in [0.29, 0.717) is 0 Å². The van der Waals surface area contributed by atoms with E-state index in [4.69, 9.17) is 4.74 Å². The van der Waals surface area contributed by atoms with Crippen molar-refractivity contribution in [1.29, 1.82) is 0 Å². The molecule has 0 amide bonds. The lowest BCUT2D eigenvalue weighted by atomic mass is 9.83. The van der Waals surface area contributed by atoms with Gasteiger partial charge in [-0.05, 0) is 47.7 Å². The number of methoxy groups -OCH3 is 1. The lowest BCUT2D eigenvalue weighted by Gasteiger charge is -2.22. The number of halogens is 4. The summed E-state index contributed by atoms with van der Waals surface area (Å²) in [5, 5.41) is 0. The summed E-state index contributed by atoms with van der Waals surface area (Å²) in [6, 6.07) is 31.6. The van der Waals surface area contributed by atoms with Gasteiger partial charge in [0.1, 0.15) is 0 Å². The van der Waals surface area contributed by atoms with Gasteiger partial charge in [-0.25, -0.2) is 4.79 Å². The topological polar surface area (TPSA) is 30.2 Å². The second kappa shape index (κ2) is 10.8. The predicted molar refractivity (Wildman–Crippen MR) is 133 cm³/mol. The number of nitrogens with zero attached hydrogens (tertiary/aromatic N) is 1. The minimum atomic E-state index is -6.00. The molecule has 0 saturated heterocycles. The van der Waals surface area contributed by atoms with Crippen molar-refractivity contribution < 1.29 is 31.4 Å². The molecule has 1 aromatic heterocycles. The van der Waals surface area contributed by atoms with Crippen LogP contribution in [0.2, 0.25) is 0 Å². The van der Waals surface area contributed by atoms with Gasteiger partial charge in [0.2, 0.25) is 17.9 Å². The largest absolute Gasteiger partial charge is 0.673 e. The highest BCUT2D eigenvalue weighted by molar-refractivity contribution is 6.50. The number of rotatable bonds is 4. The Balaban J connectivity index is 0.000000556. The Morgan fingerprint density at radius 2 is 1.36 bits per heavy atom. The lowest BCUT2D eigenvalue weighted by Crippen LogP contribution is -2.44. The van der Waals surface area contributed by atoms with E-state index in [1.165, 1.54) is 34.9 Å². The fourth-order valence-electron chi connectivity index (χ4n) is 4.58. The zero-order valence-electron chi connectivity index (χ0n) is 19.6. The molecular weight excluding hydrogens is 469 g/mol. The number of ether oxygens (including phenoxy) is 1. The average molecular weight is 493 g/mol. The van der Waals surface area contributed by atoms with Crippen molar-refractivity contribution >= 4 is 13.2 Å². The van der Waals surface area contributed by atoms with E-state index in [2.05, 4.69) is 71.3 Å². The van der Waals surface area contributed by atoms with Gasteiger partial charge in [-0.2, -0.15) is 4.57 Å². The number of esters is 1. The molecule has 0 atom stereocenters. The Morgan fingerprint density at radius 3 is 1.97 bits per heavy atom. The van der Waals surface area contributed by atoms with E-state index < -0.39 is 7.25 Å². The van der Waals surface area contributed by atoms with Crippen LogP contribution in [-0.4, -0.2) is 20.3 Å². The lowest BCUT2D eigenvalue weighted by molar-refractivity contribution is -0.664. The smallest absolute Gasteiger partial charge is 0.464 e. The van der Waals surface area contributed by atoms with Crippen LogP contribution in [-0.2, 0) is 28.9 Å². The number of carbonyl (C=O) groups excluding carboxylic acids is 1. The van der Waals surface area contributed by atoms with Crippen LogP contribution in [0.1, 0.15) is 11.1 Å². The summed E-state index contributed by atoms with van der Waals surface area (Å²) in [7, 11) is -4.55. The monoisotopic (exact) mass is 493 g/mol. The first-order valence-electron chi connectivity index (χ1n) is 11.5. The maximum absolute atomic E-state index is 12.5. The molecular formula is C28H24BF4NO2. The molecule has 1 aliphatic carbocycles. The molecule has 5 rings (SSSR count). The quantitative estimate of drug-likeness (QED) is 0.140. The standard InChI is InChI=1S/C28H24NO2.BF4/c1-31-27(30)19-29-26(22-13-6-3-7-14-22)18-25(20-10-4-2-5-11-20)24-17-16-21-12-8-9-15-23(21)28(24)29;2-1(3,4)5/h2-15,18H,16-17,19H2,1H3;/q+1;-1. The van der Waals surface area contributed by atoms with E-state index in [9.17, 15) is 22.1 Å². The van der Waals surface area contributed by atoms with Crippen LogP contribution in [0.3, 0.4) is 0 Å². The fourth-order valence-corrected chi connectivity index (χ4v) is 4.58. The molecule has 0 N–H and O–H groups in total. The highest BCUT2D eigenvalue weighted by atomic mass is 19.5. The van der Waals surface area contributed by atoms with Gasteiger partial charge in [-0.15, -0.1) is 0 Å². The maximum Gasteiger partial charge on any atom is 0.673 e. The molecule has 0 aliphatic heterocycles. The molecule has 36 heavy (non-hydrogen) atoms. The van der Waals surface area contributed by atoms with Crippen LogP contribution in [0, 0.1) is 0 Å². The van der Waals surface area contributed by atoms with E-state index in [1.807, 2.05) is 24.3 Å². The SMILES string of the molecule is COC(=O)C[n+]1c(-c2ccccc2)cc(-c2ccccc2)c2c1-c1ccccc1CC2.F[B-](F)(F)F. The predicted octanol–water partition coefficient (Wildman–Crippen LogP) is 6.55. The second-order valence-corrected chi connectivity index (χ2v) is 8.32. The Labute approximate surface area is 207 Å². The molecule has 0 fully saturated rings. The summed E-state index contributed by atoms with van der Waals surface area (Å²) in [5.41, 5.74) is 9.43. The van der Waals surface area contributed by atoms with E-state index >= 15 is 0 Å². The molecule has 8 heteroatoms. The van der Waals surface area contributed by atoms with Crippen LogP contribution < -0.4 is 4.57 Å². The number of fused-ring (bicyclic) bond motifs is 3. The Hall–Kier alpha value is -3.94. The molecule has 4 aromatic rings. The van der Waals surface area contributed by atoms with Crippen LogP contribution in [0.5, 0.6) is 0 Å². The fraction of sp³-hybridized carbons (Fsp3) is 0.143. The van der Waals surface area contributed by atoms with Gasteiger partial charge >= 0.3 is 13.2 Å².